The molecule has 1 aromatic heterocycles. The smallest absolute Gasteiger partial charge is 0.419 e. The summed E-state index contributed by atoms with van der Waals surface area (Å²) in [4.78, 5) is 22.5. The van der Waals surface area contributed by atoms with Crippen LogP contribution in [0.1, 0.15) is 5.56 Å². The highest BCUT2D eigenvalue weighted by molar-refractivity contribution is 5.82. The number of aromatic nitrogens is 1. The summed E-state index contributed by atoms with van der Waals surface area (Å²) in [5.41, 5.74) is 1.77. The molecule has 0 spiro atoms. The van der Waals surface area contributed by atoms with Gasteiger partial charge in [-0.1, -0.05) is 12.1 Å². The van der Waals surface area contributed by atoms with Crippen LogP contribution in [-0.2, 0) is 23.0 Å². The summed E-state index contributed by atoms with van der Waals surface area (Å²) in [5.74, 6) is -0.800. The van der Waals surface area contributed by atoms with Crippen LogP contribution in [0.4, 0.5) is 0 Å². The SMILES string of the molecule is COC(=O)Cc1cccc2c1oc(=O)n2C. The maximum absolute atomic E-state index is 11.3. The van der Waals surface area contributed by atoms with Gasteiger partial charge in [-0.2, -0.15) is 0 Å². The number of oxazole rings is 1. The monoisotopic (exact) mass is 221 g/mol. The number of carbonyl (C=O) groups is 1. The zero-order chi connectivity index (χ0) is 11.7. The molecule has 0 unspecified atom stereocenters. The van der Waals surface area contributed by atoms with E-state index in [1.54, 1.807) is 25.2 Å². The largest absolute Gasteiger partial charge is 0.469 e. The second-order valence-electron chi connectivity index (χ2n) is 3.45. The minimum Gasteiger partial charge on any atom is -0.469 e. The maximum Gasteiger partial charge on any atom is 0.419 e. The van der Waals surface area contributed by atoms with Crippen LogP contribution >= 0.6 is 0 Å². The normalized spacial score (nSPS) is 10.6. The van der Waals surface area contributed by atoms with Gasteiger partial charge in [0.15, 0.2) is 5.58 Å². The van der Waals surface area contributed by atoms with Gasteiger partial charge in [0.1, 0.15) is 0 Å². The molecule has 84 valence electrons. The fraction of sp³-hybridized carbons (Fsp3) is 0.273. The van der Waals surface area contributed by atoms with Crippen molar-refractivity contribution in [3.8, 4) is 0 Å². The van der Waals surface area contributed by atoms with Crippen molar-refractivity contribution in [1.29, 1.82) is 0 Å². The first kappa shape index (κ1) is 10.5. The highest BCUT2D eigenvalue weighted by Crippen LogP contribution is 2.17. The van der Waals surface area contributed by atoms with E-state index in [1.165, 1.54) is 11.7 Å². The van der Waals surface area contributed by atoms with E-state index >= 15 is 0 Å². The molecule has 2 rings (SSSR count). The molecule has 0 bridgehead atoms. The lowest BCUT2D eigenvalue weighted by Gasteiger charge is -2.00. The molecular weight excluding hydrogens is 210 g/mol. The lowest BCUT2D eigenvalue weighted by Crippen LogP contribution is -2.08. The molecule has 5 nitrogen and oxygen atoms in total. The van der Waals surface area contributed by atoms with Crippen molar-refractivity contribution >= 4 is 17.1 Å². The number of hydrogen-bond donors (Lipinski definition) is 0. The second-order valence-corrected chi connectivity index (χ2v) is 3.45. The molecule has 0 aliphatic carbocycles. The molecule has 0 fully saturated rings. The van der Waals surface area contributed by atoms with Crippen molar-refractivity contribution < 1.29 is 13.9 Å². The van der Waals surface area contributed by atoms with Crippen LogP contribution < -0.4 is 5.76 Å². The van der Waals surface area contributed by atoms with Gasteiger partial charge in [0.2, 0.25) is 0 Å². The predicted octanol–water partition coefficient (Wildman–Crippen LogP) is 0.847. The Bertz CT molecular complexity index is 594. The Hall–Kier alpha value is -2.04. The molecule has 2 aromatic rings. The third-order valence-electron chi connectivity index (χ3n) is 2.46. The number of benzene rings is 1. The Morgan fingerprint density at radius 2 is 2.25 bits per heavy atom. The second kappa shape index (κ2) is 3.84. The molecule has 5 heteroatoms. The minimum absolute atomic E-state index is 0.0980. The van der Waals surface area contributed by atoms with Gasteiger partial charge in [-0.15, -0.1) is 0 Å². The number of para-hydroxylation sites is 1. The summed E-state index contributed by atoms with van der Waals surface area (Å²) in [7, 11) is 2.94. The van der Waals surface area contributed by atoms with Crippen molar-refractivity contribution in [2.45, 2.75) is 6.42 Å². The van der Waals surface area contributed by atoms with Crippen molar-refractivity contribution in [2.24, 2.45) is 7.05 Å². The molecule has 0 N–H and O–H groups in total. The standard InChI is InChI=1S/C11H11NO4/c1-12-8-5-3-4-7(6-9(13)15-2)10(8)16-11(12)14/h3-5H,6H2,1-2H3. The molecule has 0 aliphatic rings. The number of rotatable bonds is 2. The van der Waals surface area contributed by atoms with Gasteiger partial charge in [-0.25, -0.2) is 4.79 Å². The van der Waals surface area contributed by atoms with Crippen LogP contribution in [0.25, 0.3) is 11.1 Å². The van der Waals surface area contributed by atoms with E-state index in [4.69, 9.17) is 4.42 Å². The van der Waals surface area contributed by atoms with Gasteiger partial charge in [-0.05, 0) is 6.07 Å². The lowest BCUT2D eigenvalue weighted by molar-refractivity contribution is -0.139. The average molecular weight is 221 g/mol. The van der Waals surface area contributed by atoms with Crippen molar-refractivity contribution in [3.63, 3.8) is 0 Å². The Morgan fingerprint density at radius 1 is 1.50 bits per heavy atom. The number of carbonyl (C=O) groups excluding carboxylic acids is 1. The molecule has 0 aliphatic heterocycles. The molecule has 1 heterocycles. The minimum atomic E-state index is -0.438. The lowest BCUT2D eigenvalue weighted by atomic mass is 10.1. The van der Waals surface area contributed by atoms with E-state index < -0.39 is 5.76 Å². The quantitative estimate of drug-likeness (QED) is 0.705. The summed E-state index contributed by atoms with van der Waals surface area (Å²) in [5, 5.41) is 0. The third-order valence-corrected chi connectivity index (χ3v) is 2.46. The third kappa shape index (κ3) is 1.60. The molecule has 0 amide bonds. The first-order chi connectivity index (χ1) is 7.63. The molecule has 0 atom stereocenters. The number of esters is 1. The Balaban J connectivity index is 2.58. The van der Waals surface area contributed by atoms with Gasteiger partial charge in [-0.3, -0.25) is 9.36 Å². The van der Waals surface area contributed by atoms with Crippen molar-refractivity contribution in [1.82, 2.24) is 4.57 Å². The highest BCUT2D eigenvalue weighted by Gasteiger charge is 2.12. The van der Waals surface area contributed by atoms with Crippen LogP contribution in [0.5, 0.6) is 0 Å². The van der Waals surface area contributed by atoms with Gasteiger partial charge in [0, 0.05) is 12.6 Å². The Labute approximate surface area is 91.2 Å². The topological polar surface area (TPSA) is 61.4 Å². The van der Waals surface area contributed by atoms with E-state index in [1.807, 2.05) is 0 Å². The van der Waals surface area contributed by atoms with Crippen LogP contribution in [0, 0.1) is 0 Å². The van der Waals surface area contributed by atoms with E-state index in [0.29, 0.717) is 16.7 Å². The van der Waals surface area contributed by atoms with E-state index in [2.05, 4.69) is 4.74 Å². The van der Waals surface area contributed by atoms with Gasteiger partial charge in [0.05, 0.1) is 19.0 Å². The van der Waals surface area contributed by atoms with Crippen LogP contribution in [0.2, 0.25) is 0 Å². The number of aryl methyl sites for hydroxylation is 1. The van der Waals surface area contributed by atoms with E-state index in [0.717, 1.165) is 0 Å². The highest BCUT2D eigenvalue weighted by atomic mass is 16.5. The van der Waals surface area contributed by atoms with Crippen LogP contribution in [0.15, 0.2) is 27.4 Å². The van der Waals surface area contributed by atoms with Gasteiger partial charge < -0.3 is 9.15 Å². The zero-order valence-electron chi connectivity index (χ0n) is 9.02. The summed E-state index contributed by atoms with van der Waals surface area (Å²) in [6, 6.07) is 5.28. The fourth-order valence-corrected chi connectivity index (χ4v) is 1.57. The van der Waals surface area contributed by atoms with E-state index in [9.17, 15) is 9.59 Å². The Morgan fingerprint density at radius 3 is 2.94 bits per heavy atom. The number of ether oxygens (including phenoxy) is 1. The first-order valence-corrected chi connectivity index (χ1v) is 4.77. The molecule has 16 heavy (non-hydrogen) atoms. The average Bonchev–Trinajstić information content (AvgIpc) is 2.57. The number of methoxy groups -OCH3 is 1. The van der Waals surface area contributed by atoms with Crippen molar-refractivity contribution in [3.05, 3.63) is 34.3 Å². The number of hydrogen-bond acceptors (Lipinski definition) is 4. The Kier molecular flexibility index (Phi) is 2.52. The molecule has 0 radical (unpaired) electrons. The summed E-state index contributed by atoms with van der Waals surface area (Å²) >= 11 is 0. The van der Waals surface area contributed by atoms with Gasteiger partial charge in [0.25, 0.3) is 0 Å². The van der Waals surface area contributed by atoms with Crippen LogP contribution in [-0.4, -0.2) is 17.6 Å². The summed E-state index contributed by atoms with van der Waals surface area (Å²) < 4.78 is 11.0. The van der Waals surface area contributed by atoms with Crippen LogP contribution in [0.3, 0.4) is 0 Å². The molecule has 0 saturated carbocycles. The molecular formula is C11H11NO4. The summed E-state index contributed by atoms with van der Waals surface area (Å²) in [6.45, 7) is 0. The maximum atomic E-state index is 11.3. The van der Waals surface area contributed by atoms with Gasteiger partial charge >= 0.3 is 11.7 Å². The zero-order valence-corrected chi connectivity index (χ0v) is 9.02. The first-order valence-electron chi connectivity index (χ1n) is 4.77. The van der Waals surface area contributed by atoms with E-state index in [-0.39, 0.29) is 12.4 Å². The number of fused-ring (bicyclic) bond motifs is 1. The summed E-state index contributed by atoms with van der Waals surface area (Å²) in [6.07, 6.45) is 0.0980. The molecule has 0 saturated heterocycles. The number of nitrogens with zero attached hydrogens (tertiary/aromatic N) is 1. The fourth-order valence-electron chi connectivity index (χ4n) is 1.57. The predicted molar refractivity (Wildman–Crippen MR) is 57.2 cm³/mol. The molecule has 1 aromatic carbocycles. The van der Waals surface area contributed by atoms with Crippen molar-refractivity contribution in [2.75, 3.05) is 7.11 Å².